The molecule has 1 rings (SSSR count). The SMILES string of the molecule is CCOC(C)(CCOc1ccc(CBr)cc1)OCCOC. The Morgan fingerprint density at radius 2 is 1.76 bits per heavy atom. The van der Waals surface area contributed by atoms with Crippen molar-refractivity contribution < 1.29 is 18.9 Å². The van der Waals surface area contributed by atoms with Gasteiger partial charge in [0.15, 0.2) is 5.79 Å². The van der Waals surface area contributed by atoms with Crippen molar-refractivity contribution in [2.45, 2.75) is 31.4 Å². The van der Waals surface area contributed by atoms with E-state index in [-0.39, 0.29) is 0 Å². The lowest BCUT2D eigenvalue weighted by molar-refractivity contribution is -0.233. The van der Waals surface area contributed by atoms with Crippen LogP contribution in [-0.2, 0) is 19.5 Å². The van der Waals surface area contributed by atoms with E-state index in [4.69, 9.17) is 18.9 Å². The molecule has 0 N–H and O–H groups in total. The van der Waals surface area contributed by atoms with E-state index < -0.39 is 5.79 Å². The smallest absolute Gasteiger partial charge is 0.168 e. The third-order valence-corrected chi connectivity index (χ3v) is 3.69. The number of halogens is 1. The molecule has 1 atom stereocenters. The highest BCUT2D eigenvalue weighted by Crippen LogP contribution is 2.19. The molecule has 0 bridgehead atoms. The summed E-state index contributed by atoms with van der Waals surface area (Å²) in [4.78, 5) is 0. The second-order valence-corrected chi connectivity index (χ2v) is 5.34. The predicted molar refractivity (Wildman–Crippen MR) is 87.0 cm³/mol. The fourth-order valence-corrected chi connectivity index (χ4v) is 2.24. The highest BCUT2D eigenvalue weighted by atomic mass is 79.9. The van der Waals surface area contributed by atoms with Crippen LogP contribution in [0.25, 0.3) is 0 Å². The monoisotopic (exact) mass is 360 g/mol. The molecule has 0 aliphatic heterocycles. The van der Waals surface area contributed by atoms with E-state index in [1.807, 2.05) is 38.1 Å². The van der Waals surface area contributed by atoms with E-state index in [1.54, 1.807) is 7.11 Å². The van der Waals surface area contributed by atoms with Gasteiger partial charge in [-0.1, -0.05) is 28.1 Å². The summed E-state index contributed by atoms with van der Waals surface area (Å²) in [5.74, 6) is 0.221. The van der Waals surface area contributed by atoms with Crippen LogP contribution in [0.3, 0.4) is 0 Å². The van der Waals surface area contributed by atoms with Gasteiger partial charge in [0.05, 0.1) is 19.8 Å². The first kappa shape index (κ1) is 18.4. The number of hydrogen-bond acceptors (Lipinski definition) is 4. The van der Waals surface area contributed by atoms with Crippen LogP contribution in [0.5, 0.6) is 5.75 Å². The molecule has 5 heteroatoms. The molecule has 4 nitrogen and oxygen atoms in total. The van der Waals surface area contributed by atoms with Gasteiger partial charge in [-0.3, -0.25) is 0 Å². The number of methoxy groups -OCH3 is 1. The lowest BCUT2D eigenvalue weighted by Gasteiger charge is -2.29. The van der Waals surface area contributed by atoms with Crippen LogP contribution in [-0.4, -0.2) is 39.3 Å². The Morgan fingerprint density at radius 3 is 2.33 bits per heavy atom. The highest BCUT2D eigenvalue weighted by Gasteiger charge is 2.25. The van der Waals surface area contributed by atoms with Gasteiger partial charge in [-0.2, -0.15) is 0 Å². The van der Waals surface area contributed by atoms with Gasteiger partial charge in [-0.05, 0) is 31.5 Å². The average Bonchev–Trinajstić information content (AvgIpc) is 2.48. The Hall–Kier alpha value is -0.620. The Kier molecular flexibility index (Phi) is 8.92. The molecule has 120 valence electrons. The zero-order valence-corrected chi connectivity index (χ0v) is 14.6. The summed E-state index contributed by atoms with van der Waals surface area (Å²) < 4.78 is 22.2. The van der Waals surface area contributed by atoms with E-state index in [0.29, 0.717) is 32.8 Å². The molecule has 1 unspecified atom stereocenters. The average molecular weight is 361 g/mol. The summed E-state index contributed by atoms with van der Waals surface area (Å²) in [6.45, 7) is 6.09. The van der Waals surface area contributed by atoms with Crippen LogP contribution in [0.4, 0.5) is 0 Å². The van der Waals surface area contributed by atoms with E-state index >= 15 is 0 Å². The fraction of sp³-hybridized carbons (Fsp3) is 0.625. The van der Waals surface area contributed by atoms with Crippen molar-refractivity contribution >= 4 is 15.9 Å². The molecule has 0 fully saturated rings. The molecule has 0 aromatic heterocycles. The second-order valence-electron chi connectivity index (χ2n) is 4.78. The summed E-state index contributed by atoms with van der Waals surface area (Å²) in [6.07, 6.45) is 0.657. The zero-order chi connectivity index (χ0) is 15.6. The molecule has 0 aliphatic carbocycles. The molecule has 0 saturated heterocycles. The standard InChI is InChI=1S/C16H25BrO4/c1-4-20-16(2,21-12-11-18-3)9-10-19-15-7-5-14(13-17)6-8-15/h5-8H,4,9-13H2,1-3H3. The Balaban J connectivity index is 2.40. The van der Waals surface area contributed by atoms with Crippen LogP contribution in [0, 0.1) is 0 Å². The number of benzene rings is 1. The fourth-order valence-electron chi connectivity index (χ4n) is 1.86. The maximum Gasteiger partial charge on any atom is 0.168 e. The third kappa shape index (κ3) is 7.27. The topological polar surface area (TPSA) is 36.9 Å². The highest BCUT2D eigenvalue weighted by molar-refractivity contribution is 9.08. The summed E-state index contributed by atoms with van der Waals surface area (Å²) in [7, 11) is 1.65. The molecule has 21 heavy (non-hydrogen) atoms. The lowest BCUT2D eigenvalue weighted by atomic mass is 10.2. The molecule has 0 heterocycles. The minimum atomic E-state index is -0.636. The predicted octanol–water partition coefficient (Wildman–Crippen LogP) is 3.77. The van der Waals surface area contributed by atoms with Crippen LogP contribution in [0.15, 0.2) is 24.3 Å². The van der Waals surface area contributed by atoms with Gasteiger partial charge >= 0.3 is 0 Å². The molecule has 1 aromatic carbocycles. The molecule has 0 spiro atoms. The molecule has 0 radical (unpaired) electrons. The molecule has 0 aliphatic rings. The summed E-state index contributed by atoms with van der Waals surface area (Å²) in [5.41, 5.74) is 1.23. The van der Waals surface area contributed by atoms with E-state index in [1.165, 1.54) is 5.56 Å². The summed E-state index contributed by atoms with van der Waals surface area (Å²) in [5, 5.41) is 0.850. The van der Waals surface area contributed by atoms with Crippen molar-refractivity contribution in [1.82, 2.24) is 0 Å². The summed E-state index contributed by atoms with van der Waals surface area (Å²) >= 11 is 3.42. The van der Waals surface area contributed by atoms with Gasteiger partial charge in [0, 0.05) is 25.5 Å². The molecule has 1 aromatic rings. The number of rotatable bonds is 11. The quantitative estimate of drug-likeness (QED) is 0.342. The van der Waals surface area contributed by atoms with Gasteiger partial charge in [0.2, 0.25) is 0 Å². The first-order valence-electron chi connectivity index (χ1n) is 7.18. The second kappa shape index (κ2) is 10.2. The number of alkyl halides is 1. The Bertz CT molecular complexity index is 382. The van der Waals surface area contributed by atoms with Crippen LogP contribution < -0.4 is 4.74 Å². The minimum Gasteiger partial charge on any atom is -0.493 e. The molecular formula is C16H25BrO4. The van der Waals surface area contributed by atoms with Crippen molar-refractivity contribution in [2.24, 2.45) is 0 Å². The normalized spacial score (nSPS) is 13.9. The van der Waals surface area contributed by atoms with Crippen LogP contribution >= 0.6 is 15.9 Å². The minimum absolute atomic E-state index is 0.507. The van der Waals surface area contributed by atoms with Gasteiger partial charge < -0.3 is 18.9 Å². The van der Waals surface area contributed by atoms with Gasteiger partial charge in [-0.25, -0.2) is 0 Å². The largest absolute Gasteiger partial charge is 0.493 e. The molecular weight excluding hydrogens is 336 g/mol. The van der Waals surface area contributed by atoms with Crippen molar-refractivity contribution in [1.29, 1.82) is 0 Å². The van der Waals surface area contributed by atoms with Crippen LogP contribution in [0.2, 0.25) is 0 Å². The Labute approximate surface area is 135 Å². The third-order valence-electron chi connectivity index (χ3n) is 3.05. The molecule has 0 saturated carbocycles. The van der Waals surface area contributed by atoms with Crippen LogP contribution in [0.1, 0.15) is 25.8 Å². The van der Waals surface area contributed by atoms with E-state index in [9.17, 15) is 0 Å². The van der Waals surface area contributed by atoms with E-state index in [0.717, 1.165) is 11.1 Å². The van der Waals surface area contributed by atoms with Gasteiger partial charge in [-0.15, -0.1) is 0 Å². The Morgan fingerprint density at radius 1 is 1.05 bits per heavy atom. The maximum absolute atomic E-state index is 5.75. The van der Waals surface area contributed by atoms with Gasteiger partial charge in [0.1, 0.15) is 5.75 Å². The summed E-state index contributed by atoms with van der Waals surface area (Å²) in [6, 6.07) is 8.03. The maximum atomic E-state index is 5.75. The lowest BCUT2D eigenvalue weighted by Crippen LogP contribution is -2.35. The molecule has 0 amide bonds. The van der Waals surface area contributed by atoms with Crippen molar-refractivity contribution in [3.05, 3.63) is 29.8 Å². The zero-order valence-electron chi connectivity index (χ0n) is 13.1. The van der Waals surface area contributed by atoms with Crippen molar-refractivity contribution in [2.75, 3.05) is 33.5 Å². The van der Waals surface area contributed by atoms with Gasteiger partial charge in [0.25, 0.3) is 0 Å². The first-order chi connectivity index (χ1) is 10.1. The van der Waals surface area contributed by atoms with E-state index in [2.05, 4.69) is 15.9 Å². The van der Waals surface area contributed by atoms with Crippen molar-refractivity contribution in [3.8, 4) is 5.75 Å². The number of ether oxygens (including phenoxy) is 4. The first-order valence-corrected chi connectivity index (χ1v) is 8.30. The number of hydrogen-bond donors (Lipinski definition) is 0. The van der Waals surface area contributed by atoms with Crippen molar-refractivity contribution in [3.63, 3.8) is 0 Å².